The number of nitrogens with one attached hydrogen (secondary N) is 3. The first-order valence-electron chi connectivity index (χ1n) is 8.37. The Bertz CT molecular complexity index is 542. The maximum atomic E-state index is 5.90. The molecule has 0 bridgehead atoms. The van der Waals surface area contributed by atoms with Crippen molar-refractivity contribution in [2.24, 2.45) is 0 Å². The molecule has 6 heteroatoms. The maximum absolute atomic E-state index is 5.90. The van der Waals surface area contributed by atoms with Crippen LogP contribution in [0.3, 0.4) is 0 Å². The Kier molecular flexibility index (Phi) is 6.82. The summed E-state index contributed by atoms with van der Waals surface area (Å²) >= 11 is 13.2. The molecule has 1 aliphatic rings. The van der Waals surface area contributed by atoms with Gasteiger partial charge in [0, 0.05) is 39.3 Å². The molecule has 3 N–H and O–H groups in total. The van der Waals surface area contributed by atoms with E-state index in [1.54, 1.807) is 11.8 Å². The first kappa shape index (κ1) is 19.8. The molecule has 0 aliphatic carbocycles. The lowest BCUT2D eigenvalue weighted by atomic mass is 9.80. The van der Waals surface area contributed by atoms with E-state index in [-0.39, 0.29) is 11.1 Å². The van der Waals surface area contributed by atoms with Gasteiger partial charge in [-0.25, -0.2) is 0 Å². The second-order valence-electron chi connectivity index (χ2n) is 7.70. The van der Waals surface area contributed by atoms with Crippen LogP contribution in [0, 0.1) is 0 Å². The van der Waals surface area contributed by atoms with Crippen LogP contribution < -0.4 is 16.0 Å². The van der Waals surface area contributed by atoms with Gasteiger partial charge in [-0.1, -0.05) is 11.6 Å². The molecular weight excluding hydrogens is 358 g/mol. The number of thioether (sulfide) groups is 1. The fourth-order valence-electron chi connectivity index (χ4n) is 3.53. The molecule has 0 radical (unpaired) electrons. The highest BCUT2D eigenvalue weighted by atomic mass is 35.5. The Balaban J connectivity index is 1.70. The summed E-state index contributed by atoms with van der Waals surface area (Å²) in [7, 11) is 0. The van der Waals surface area contributed by atoms with Gasteiger partial charge in [0.15, 0.2) is 5.11 Å². The summed E-state index contributed by atoms with van der Waals surface area (Å²) in [5, 5.41) is 12.0. The van der Waals surface area contributed by atoms with E-state index in [9.17, 15) is 0 Å². The van der Waals surface area contributed by atoms with Crippen molar-refractivity contribution in [2.75, 3.05) is 12.3 Å². The van der Waals surface area contributed by atoms with Gasteiger partial charge in [-0.3, -0.25) is 0 Å². The molecule has 1 fully saturated rings. The monoisotopic (exact) mass is 385 g/mol. The highest BCUT2D eigenvalue weighted by Gasteiger charge is 2.37. The van der Waals surface area contributed by atoms with E-state index in [1.807, 2.05) is 24.3 Å². The summed E-state index contributed by atoms with van der Waals surface area (Å²) in [6, 6.07) is 8.33. The summed E-state index contributed by atoms with van der Waals surface area (Å²) in [6.45, 7) is 9.85. The number of thiocarbonyl (C=S) groups is 1. The van der Waals surface area contributed by atoms with Crippen LogP contribution in [0.15, 0.2) is 29.2 Å². The molecule has 0 saturated carbocycles. The first-order chi connectivity index (χ1) is 11.2. The number of hydrogen-bond acceptors (Lipinski definition) is 3. The molecule has 0 unspecified atom stereocenters. The Morgan fingerprint density at radius 2 is 1.79 bits per heavy atom. The first-order valence-corrected chi connectivity index (χ1v) is 10.1. The van der Waals surface area contributed by atoms with Crippen molar-refractivity contribution in [3.8, 4) is 0 Å². The number of hydrogen-bond donors (Lipinski definition) is 3. The predicted molar refractivity (Wildman–Crippen MR) is 110 cm³/mol. The lowest BCUT2D eigenvalue weighted by molar-refractivity contribution is 0.155. The number of halogens is 1. The summed E-state index contributed by atoms with van der Waals surface area (Å²) in [6.07, 6.45) is 2.13. The minimum absolute atomic E-state index is 0.124. The topological polar surface area (TPSA) is 36.1 Å². The lowest BCUT2D eigenvalue weighted by Gasteiger charge is -2.46. The van der Waals surface area contributed by atoms with Gasteiger partial charge in [0.25, 0.3) is 0 Å². The third-order valence-corrected chi connectivity index (χ3v) is 5.52. The Morgan fingerprint density at radius 3 is 2.38 bits per heavy atom. The lowest BCUT2D eigenvalue weighted by Crippen LogP contribution is -2.62. The van der Waals surface area contributed by atoms with Crippen LogP contribution >= 0.6 is 35.6 Å². The number of rotatable bonds is 5. The fraction of sp³-hybridized carbons (Fsp3) is 0.611. The Hall–Kier alpha value is -0.490. The highest BCUT2D eigenvalue weighted by Crippen LogP contribution is 2.28. The second kappa shape index (κ2) is 8.26. The number of benzene rings is 1. The predicted octanol–water partition coefficient (Wildman–Crippen LogP) is 4.21. The van der Waals surface area contributed by atoms with E-state index >= 15 is 0 Å². The minimum atomic E-state index is 0.124. The van der Waals surface area contributed by atoms with Crippen molar-refractivity contribution in [1.29, 1.82) is 0 Å². The third kappa shape index (κ3) is 6.79. The normalized spacial score (nSPS) is 19.7. The zero-order valence-electron chi connectivity index (χ0n) is 14.9. The summed E-state index contributed by atoms with van der Waals surface area (Å²) in [5.41, 5.74) is 0.249. The van der Waals surface area contributed by atoms with E-state index in [0.29, 0.717) is 6.04 Å². The summed E-state index contributed by atoms with van der Waals surface area (Å²) in [4.78, 5) is 1.22. The molecule has 0 amide bonds. The third-order valence-electron chi connectivity index (χ3n) is 4.00. The van der Waals surface area contributed by atoms with Crippen LogP contribution in [0.5, 0.6) is 0 Å². The van der Waals surface area contributed by atoms with Crippen molar-refractivity contribution in [1.82, 2.24) is 16.0 Å². The fourth-order valence-corrected chi connectivity index (χ4v) is 4.69. The van der Waals surface area contributed by atoms with Crippen LogP contribution in [-0.2, 0) is 0 Å². The van der Waals surface area contributed by atoms with Crippen molar-refractivity contribution in [3.63, 3.8) is 0 Å². The molecular formula is C18H28ClN3S2. The van der Waals surface area contributed by atoms with Gasteiger partial charge in [0.2, 0.25) is 0 Å². The highest BCUT2D eigenvalue weighted by molar-refractivity contribution is 7.99. The molecule has 2 rings (SSSR count). The molecule has 1 aromatic rings. The van der Waals surface area contributed by atoms with Crippen LogP contribution in [0.4, 0.5) is 0 Å². The summed E-state index contributed by atoms with van der Waals surface area (Å²) < 4.78 is 0. The minimum Gasteiger partial charge on any atom is -0.362 e. The molecule has 3 nitrogen and oxygen atoms in total. The largest absolute Gasteiger partial charge is 0.362 e. The summed E-state index contributed by atoms with van der Waals surface area (Å²) in [5.74, 6) is 0.965. The second-order valence-corrected chi connectivity index (χ2v) is 9.71. The quantitative estimate of drug-likeness (QED) is 0.402. The Labute approximate surface area is 160 Å². The molecule has 1 aromatic carbocycles. The van der Waals surface area contributed by atoms with Gasteiger partial charge in [-0.15, -0.1) is 11.8 Å². The zero-order chi connectivity index (χ0) is 17.8. The van der Waals surface area contributed by atoms with Crippen molar-refractivity contribution in [3.05, 3.63) is 29.3 Å². The smallest absolute Gasteiger partial charge is 0.166 e. The molecule has 0 spiro atoms. The van der Waals surface area contributed by atoms with E-state index < -0.39 is 0 Å². The molecule has 1 heterocycles. The van der Waals surface area contributed by atoms with E-state index in [4.69, 9.17) is 23.8 Å². The van der Waals surface area contributed by atoms with Gasteiger partial charge in [0.1, 0.15) is 0 Å². The van der Waals surface area contributed by atoms with Crippen molar-refractivity contribution < 1.29 is 0 Å². The van der Waals surface area contributed by atoms with Crippen LogP contribution in [0.1, 0.15) is 40.5 Å². The molecule has 1 aliphatic heterocycles. The van der Waals surface area contributed by atoms with Crippen LogP contribution in [0.2, 0.25) is 5.02 Å². The van der Waals surface area contributed by atoms with Gasteiger partial charge in [-0.05, 0) is 77.0 Å². The maximum Gasteiger partial charge on any atom is 0.166 e. The van der Waals surface area contributed by atoms with Crippen molar-refractivity contribution in [2.45, 2.75) is 62.6 Å². The molecule has 0 aromatic heterocycles. The molecule has 134 valence electrons. The van der Waals surface area contributed by atoms with E-state index in [0.717, 1.165) is 35.3 Å². The SMILES string of the molecule is CC1(C)CC(NC(=S)NCCSc2ccc(Cl)cc2)CC(C)(C)N1. The molecule has 0 atom stereocenters. The average Bonchev–Trinajstić information content (AvgIpc) is 2.42. The molecule has 1 saturated heterocycles. The van der Waals surface area contributed by atoms with Gasteiger partial charge < -0.3 is 16.0 Å². The average molecular weight is 386 g/mol. The zero-order valence-corrected chi connectivity index (χ0v) is 17.3. The standard InChI is InChI=1S/C18H28ClN3S2/c1-17(2)11-14(12-18(3,4)22-17)21-16(23)20-9-10-24-15-7-5-13(19)6-8-15/h5-8,14,22H,9-12H2,1-4H3,(H2,20,21,23). The van der Waals surface area contributed by atoms with E-state index in [2.05, 4.69) is 43.6 Å². The van der Waals surface area contributed by atoms with Gasteiger partial charge in [-0.2, -0.15) is 0 Å². The molecule has 24 heavy (non-hydrogen) atoms. The van der Waals surface area contributed by atoms with Crippen LogP contribution in [0.25, 0.3) is 0 Å². The van der Waals surface area contributed by atoms with Gasteiger partial charge >= 0.3 is 0 Å². The van der Waals surface area contributed by atoms with Crippen molar-refractivity contribution >= 4 is 40.7 Å². The number of piperidine rings is 1. The van der Waals surface area contributed by atoms with Crippen LogP contribution in [-0.4, -0.2) is 34.5 Å². The Morgan fingerprint density at radius 1 is 1.21 bits per heavy atom. The van der Waals surface area contributed by atoms with Gasteiger partial charge in [0.05, 0.1) is 0 Å². The van der Waals surface area contributed by atoms with E-state index in [1.165, 1.54) is 4.90 Å².